The number of urea groups is 1. The molecule has 6 nitrogen and oxygen atoms in total. The molecule has 1 heterocycles. The van der Waals surface area contributed by atoms with Crippen molar-refractivity contribution >= 4 is 11.7 Å². The zero-order valence-electron chi connectivity index (χ0n) is 11.5. The molecule has 110 valence electrons. The van der Waals surface area contributed by atoms with Crippen LogP contribution in [0.5, 0.6) is 0 Å². The van der Waals surface area contributed by atoms with Crippen LogP contribution in [0.2, 0.25) is 0 Å². The van der Waals surface area contributed by atoms with Gasteiger partial charge in [-0.15, -0.1) is 0 Å². The second kappa shape index (κ2) is 6.69. The second-order valence-corrected chi connectivity index (χ2v) is 4.85. The molecule has 0 bridgehead atoms. The Kier molecular flexibility index (Phi) is 4.94. The van der Waals surface area contributed by atoms with Gasteiger partial charge in [-0.1, -0.05) is 12.1 Å². The quantitative estimate of drug-likeness (QED) is 0.770. The van der Waals surface area contributed by atoms with E-state index >= 15 is 0 Å². The number of anilines is 1. The van der Waals surface area contributed by atoms with Crippen molar-refractivity contribution in [1.29, 1.82) is 0 Å². The molecule has 1 aliphatic rings. The maximum Gasteiger partial charge on any atom is 0.322 e. The number of rotatable bonds is 3. The Morgan fingerprint density at radius 2 is 2.40 bits per heavy atom. The van der Waals surface area contributed by atoms with Gasteiger partial charge in [0.2, 0.25) is 0 Å². The number of benzene rings is 1. The molecule has 0 radical (unpaired) electrons. The van der Waals surface area contributed by atoms with Gasteiger partial charge in [0.15, 0.2) is 0 Å². The van der Waals surface area contributed by atoms with E-state index in [-0.39, 0.29) is 18.7 Å². The van der Waals surface area contributed by atoms with E-state index in [1.807, 2.05) is 0 Å². The third-order valence-corrected chi connectivity index (χ3v) is 3.25. The SMILES string of the molecule is CC(O)c1cccc(NC(=O)N2CCOC(CO)C2)c1. The predicted octanol–water partition coefficient (Wildman–Crippen LogP) is 0.965. The molecule has 2 amide bonds. The van der Waals surface area contributed by atoms with E-state index < -0.39 is 6.10 Å². The molecule has 1 fully saturated rings. The Bertz CT molecular complexity index is 464. The molecule has 1 aromatic rings. The number of carbonyl (C=O) groups is 1. The predicted molar refractivity (Wildman–Crippen MR) is 74.5 cm³/mol. The summed E-state index contributed by atoms with van der Waals surface area (Å²) in [6.07, 6.45) is -0.896. The van der Waals surface area contributed by atoms with Crippen LogP contribution in [0.1, 0.15) is 18.6 Å². The van der Waals surface area contributed by atoms with Crippen LogP contribution in [0, 0.1) is 0 Å². The van der Waals surface area contributed by atoms with Crippen molar-refractivity contribution in [2.45, 2.75) is 19.1 Å². The first-order valence-electron chi connectivity index (χ1n) is 6.66. The Labute approximate surface area is 118 Å². The Hall–Kier alpha value is -1.63. The third-order valence-electron chi connectivity index (χ3n) is 3.25. The van der Waals surface area contributed by atoms with Gasteiger partial charge in [-0.05, 0) is 24.6 Å². The maximum atomic E-state index is 12.1. The topological polar surface area (TPSA) is 82.0 Å². The van der Waals surface area contributed by atoms with Gasteiger partial charge in [0.25, 0.3) is 0 Å². The van der Waals surface area contributed by atoms with Crippen molar-refractivity contribution in [2.75, 3.05) is 31.6 Å². The summed E-state index contributed by atoms with van der Waals surface area (Å²) in [5.74, 6) is 0. The highest BCUT2D eigenvalue weighted by molar-refractivity contribution is 5.89. The fourth-order valence-electron chi connectivity index (χ4n) is 2.09. The lowest BCUT2D eigenvalue weighted by molar-refractivity contribution is -0.0388. The first-order chi connectivity index (χ1) is 9.60. The van der Waals surface area contributed by atoms with Gasteiger partial charge >= 0.3 is 6.03 Å². The molecule has 0 aliphatic carbocycles. The lowest BCUT2D eigenvalue weighted by Crippen LogP contribution is -2.48. The normalized spacial score (nSPS) is 20.6. The lowest BCUT2D eigenvalue weighted by Gasteiger charge is -2.32. The van der Waals surface area contributed by atoms with Crippen LogP contribution < -0.4 is 5.32 Å². The molecule has 3 N–H and O–H groups in total. The average Bonchev–Trinajstić information content (AvgIpc) is 2.47. The summed E-state index contributed by atoms with van der Waals surface area (Å²) in [7, 11) is 0. The van der Waals surface area contributed by atoms with E-state index in [1.165, 1.54) is 0 Å². The lowest BCUT2D eigenvalue weighted by atomic mass is 10.1. The summed E-state index contributed by atoms with van der Waals surface area (Å²) in [6, 6.07) is 6.87. The highest BCUT2D eigenvalue weighted by Crippen LogP contribution is 2.17. The number of hydrogen-bond acceptors (Lipinski definition) is 4. The standard InChI is InChI=1S/C14H20N2O4/c1-10(18)11-3-2-4-12(7-11)15-14(19)16-5-6-20-13(8-16)9-17/h2-4,7,10,13,17-18H,5-6,8-9H2,1H3,(H,15,19). The maximum absolute atomic E-state index is 12.1. The van der Waals surface area contributed by atoms with Crippen LogP contribution in [0.4, 0.5) is 10.5 Å². The van der Waals surface area contributed by atoms with Crippen molar-refractivity contribution in [1.82, 2.24) is 4.90 Å². The molecule has 2 unspecified atom stereocenters. The molecule has 0 aromatic heterocycles. The fraction of sp³-hybridized carbons (Fsp3) is 0.500. The Morgan fingerprint density at radius 3 is 3.10 bits per heavy atom. The van der Waals surface area contributed by atoms with Crippen LogP contribution in [0.3, 0.4) is 0 Å². The van der Waals surface area contributed by atoms with Crippen LogP contribution >= 0.6 is 0 Å². The van der Waals surface area contributed by atoms with Crippen LogP contribution in [-0.2, 0) is 4.74 Å². The molecule has 1 aliphatic heterocycles. The van der Waals surface area contributed by atoms with E-state index in [0.717, 1.165) is 5.56 Å². The van der Waals surface area contributed by atoms with Gasteiger partial charge in [-0.2, -0.15) is 0 Å². The molecule has 2 atom stereocenters. The Morgan fingerprint density at radius 1 is 1.60 bits per heavy atom. The highest BCUT2D eigenvalue weighted by atomic mass is 16.5. The highest BCUT2D eigenvalue weighted by Gasteiger charge is 2.23. The van der Waals surface area contributed by atoms with Crippen molar-refractivity contribution in [3.63, 3.8) is 0 Å². The summed E-state index contributed by atoms with van der Waals surface area (Å²) in [5.41, 5.74) is 1.39. The van der Waals surface area contributed by atoms with Crippen molar-refractivity contribution < 1.29 is 19.7 Å². The molecular weight excluding hydrogens is 260 g/mol. The summed E-state index contributed by atoms with van der Waals surface area (Å²) in [5, 5.41) is 21.4. The minimum absolute atomic E-state index is 0.0959. The first kappa shape index (κ1) is 14.8. The Balaban J connectivity index is 1.98. The smallest absolute Gasteiger partial charge is 0.322 e. The molecule has 6 heteroatoms. The molecule has 2 rings (SSSR count). The number of amides is 2. The molecule has 0 saturated carbocycles. The van der Waals surface area contributed by atoms with Gasteiger partial charge in [-0.25, -0.2) is 4.79 Å². The molecule has 1 saturated heterocycles. The zero-order chi connectivity index (χ0) is 14.5. The van der Waals surface area contributed by atoms with E-state index in [4.69, 9.17) is 9.84 Å². The second-order valence-electron chi connectivity index (χ2n) is 4.85. The minimum Gasteiger partial charge on any atom is -0.394 e. The monoisotopic (exact) mass is 280 g/mol. The molecule has 20 heavy (non-hydrogen) atoms. The number of aliphatic hydroxyl groups excluding tert-OH is 2. The van der Waals surface area contributed by atoms with Gasteiger partial charge < -0.3 is 25.2 Å². The first-order valence-corrected chi connectivity index (χ1v) is 6.66. The van der Waals surface area contributed by atoms with Crippen molar-refractivity contribution in [3.8, 4) is 0 Å². The minimum atomic E-state index is -0.575. The summed E-state index contributed by atoms with van der Waals surface area (Å²) in [6.45, 7) is 2.87. The average molecular weight is 280 g/mol. The summed E-state index contributed by atoms with van der Waals surface area (Å²) in [4.78, 5) is 13.7. The number of morpholine rings is 1. The number of nitrogens with one attached hydrogen (secondary N) is 1. The number of aliphatic hydroxyl groups is 2. The number of nitrogens with zero attached hydrogens (tertiary/aromatic N) is 1. The molecule has 1 aromatic carbocycles. The van der Waals surface area contributed by atoms with E-state index in [2.05, 4.69) is 5.32 Å². The van der Waals surface area contributed by atoms with Gasteiger partial charge in [0.05, 0.1) is 32.0 Å². The fourth-order valence-corrected chi connectivity index (χ4v) is 2.09. The number of carbonyl (C=O) groups excluding carboxylic acids is 1. The van der Waals surface area contributed by atoms with Crippen LogP contribution in [-0.4, -0.2) is 53.6 Å². The zero-order valence-corrected chi connectivity index (χ0v) is 11.5. The van der Waals surface area contributed by atoms with Crippen molar-refractivity contribution in [3.05, 3.63) is 29.8 Å². The summed E-state index contributed by atoms with van der Waals surface area (Å²) >= 11 is 0. The van der Waals surface area contributed by atoms with E-state index in [0.29, 0.717) is 25.4 Å². The largest absolute Gasteiger partial charge is 0.394 e. The van der Waals surface area contributed by atoms with Crippen LogP contribution in [0.25, 0.3) is 0 Å². The summed E-state index contributed by atoms with van der Waals surface area (Å²) < 4.78 is 5.30. The van der Waals surface area contributed by atoms with Crippen LogP contribution in [0.15, 0.2) is 24.3 Å². The van der Waals surface area contributed by atoms with E-state index in [1.54, 1.807) is 36.1 Å². The molecular formula is C14H20N2O4. The number of ether oxygens (including phenoxy) is 1. The van der Waals surface area contributed by atoms with Gasteiger partial charge in [0.1, 0.15) is 0 Å². The van der Waals surface area contributed by atoms with Crippen molar-refractivity contribution in [2.24, 2.45) is 0 Å². The van der Waals surface area contributed by atoms with Gasteiger partial charge in [0, 0.05) is 12.2 Å². The number of hydrogen-bond donors (Lipinski definition) is 3. The van der Waals surface area contributed by atoms with Gasteiger partial charge in [-0.3, -0.25) is 0 Å². The third kappa shape index (κ3) is 3.69. The van der Waals surface area contributed by atoms with E-state index in [9.17, 15) is 9.90 Å². The molecule has 0 spiro atoms.